The molecule has 1 aromatic rings. The van der Waals surface area contributed by atoms with Gasteiger partial charge >= 0.3 is 11.7 Å². The first kappa shape index (κ1) is 22.0. The molecular weight excluding hydrogens is 374 g/mol. The van der Waals surface area contributed by atoms with Crippen LogP contribution in [0.25, 0.3) is 0 Å². The van der Waals surface area contributed by atoms with Gasteiger partial charge in [0.1, 0.15) is 25.3 Å². The van der Waals surface area contributed by atoms with Crippen molar-refractivity contribution in [3.8, 4) is 0 Å². The molecule has 0 aliphatic carbocycles. The van der Waals surface area contributed by atoms with Crippen LogP contribution < -0.4 is 11.0 Å². The van der Waals surface area contributed by atoms with Crippen molar-refractivity contribution in [2.45, 2.75) is 32.1 Å². The molecule has 2 atom stereocenters. The summed E-state index contributed by atoms with van der Waals surface area (Å²) in [7, 11) is 0. The van der Waals surface area contributed by atoms with Gasteiger partial charge in [0.2, 0.25) is 5.91 Å². The highest BCUT2D eigenvalue weighted by Crippen LogP contribution is 2.27. The topological polar surface area (TPSA) is 138 Å². The second kappa shape index (κ2) is 11.5. The summed E-state index contributed by atoms with van der Waals surface area (Å²) in [5, 5.41) is 11.0. The number of ether oxygens (including phenoxy) is 4. The molecule has 1 aromatic heterocycles. The molecule has 2 N–H and O–H groups in total. The zero-order chi connectivity index (χ0) is 20.4. The molecule has 1 aliphatic heterocycles. The predicted molar refractivity (Wildman–Crippen MR) is 95.6 cm³/mol. The number of rotatable bonds is 11. The molecule has 11 heteroatoms. The van der Waals surface area contributed by atoms with Gasteiger partial charge in [-0.2, -0.15) is 4.98 Å². The minimum Gasteiger partial charge on any atom is -0.461 e. The molecule has 0 bridgehead atoms. The summed E-state index contributed by atoms with van der Waals surface area (Å²) in [5.41, 5.74) is -0.536. The van der Waals surface area contributed by atoms with Crippen LogP contribution >= 0.6 is 0 Å². The van der Waals surface area contributed by atoms with Gasteiger partial charge in [-0.15, -0.1) is 0 Å². The van der Waals surface area contributed by atoms with E-state index < -0.39 is 17.9 Å². The number of nitrogens with zero attached hydrogens (tertiary/aromatic N) is 2. The van der Waals surface area contributed by atoms with E-state index in [4.69, 9.17) is 24.1 Å². The highest BCUT2D eigenvalue weighted by Gasteiger charge is 2.28. The van der Waals surface area contributed by atoms with Crippen molar-refractivity contribution in [1.29, 1.82) is 0 Å². The quantitative estimate of drug-likeness (QED) is 0.371. The number of carbonyl (C=O) groups is 2. The lowest BCUT2D eigenvalue weighted by Gasteiger charge is -2.16. The van der Waals surface area contributed by atoms with Crippen LogP contribution in [-0.2, 0) is 28.5 Å². The second-order valence-electron chi connectivity index (χ2n) is 6.05. The average molecular weight is 399 g/mol. The fraction of sp³-hybridized carbons (Fsp3) is 0.647. The molecule has 1 fully saturated rings. The Morgan fingerprint density at radius 2 is 2.11 bits per heavy atom. The van der Waals surface area contributed by atoms with Gasteiger partial charge in [-0.05, 0) is 18.9 Å². The summed E-state index contributed by atoms with van der Waals surface area (Å²) in [5.74, 6) is -0.656. The Hall–Kier alpha value is -2.34. The first-order valence-electron chi connectivity index (χ1n) is 8.94. The fourth-order valence-corrected chi connectivity index (χ4v) is 2.56. The maximum Gasteiger partial charge on any atom is 0.351 e. The number of amides is 1. The van der Waals surface area contributed by atoms with Crippen LogP contribution in [0.2, 0.25) is 0 Å². The Balaban J connectivity index is 1.70. The molecule has 11 nitrogen and oxygen atoms in total. The van der Waals surface area contributed by atoms with Crippen LogP contribution in [-0.4, -0.2) is 72.3 Å². The SMILES string of the molecule is CC(=O)Nc1ccn(C2CCC(COC(=O)COCCOCCO)O2)c(=O)n1. The van der Waals surface area contributed by atoms with Gasteiger partial charge < -0.3 is 29.4 Å². The second-order valence-corrected chi connectivity index (χ2v) is 6.05. The maximum absolute atomic E-state index is 12.1. The van der Waals surface area contributed by atoms with Crippen LogP contribution in [0, 0.1) is 0 Å². The van der Waals surface area contributed by atoms with E-state index in [0.717, 1.165) is 0 Å². The van der Waals surface area contributed by atoms with Crippen molar-refractivity contribution in [3.63, 3.8) is 0 Å². The largest absolute Gasteiger partial charge is 0.461 e. The summed E-state index contributed by atoms with van der Waals surface area (Å²) in [6, 6.07) is 1.52. The van der Waals surface area contributed by atoms with Gasteiger partial charge in [-0.25, -0.2) is 9.59 Å². The lowest BCUT2D eigenvalue weighted by Crippen LogP contribution is -2.28. The van der Waals surface area contributed by atoms with Crippen molar-refractivity contribution in [2.24, 2.45) is 0 Å². The summed E-state index contributed by atoms with van der Waals surface area (Å²) in [6.07, 6.45) is 1.86. The summed E-state index contributed by atoms with van der Waals surface area (Å²) < 4.78 is 22.3. The smallest absolute Gasteiger partial charge is 0.351 e. The predicted octanol–water partition coefficient (Wildman–Crippen LogP) is -0.552. The zero-order valence-corrected chi connectivity index (χ0v) is 15.7. The third-order valence-electron chi connectivity index (χ3n) is 3.79. The van der Waals surface area contributed by atoms with Crippen LogP contribution in [0.15, 0.2) is 17.1 Å². The molecule has 1 saturated heterocycles. The molecule has 0 aromatic carbocycles. The third-order valence-corrected chi connectivity index (χ3v) is 3.79. The van der Waals surface area contributed by atoms with Gasteiger partial charge in [0.25, 0.3) is 0 Å². The van der Waals surface area contributed by atoms with Gasteiger partial charge in [0, 0.05) is 13.1 Å². The highest BCUT2D eigenvalue weighted by atomic mass is 16.6. The minimum atomic E-state index is -0.536. The van der Waals surface area contributed by atoms with E-state index in [1.165, 1.54) is 23.8 Å². The minimum absolute atomic E-state index is 0.0614. The molecular formula is C17H25N3O8. The number of nitrogens with one attached hydrogen (secondary N) is 1. The summed E-state index contributed by atoms with van der Waals surface area (Å²) in [4.78, 5) is 38.5. The Labute approximate surface area is 161 Å². The van der Waals surface area contributed by atoms with Crippen molar-refractivity contribution < 1.29 is 33.6 Å². The number of hydrogen-bond acceptors (Lipinski definition) is 9. The van der Waals surface area contributed by atoms with E-state index in [1.54, 1.807) is 0 Å². The van der Waals surface area contributed by atoms with Gasteiger partial charge in [0.05, 0.1) is 32.5 Å². The molecule has 0 radical (unpaired) electrons. The Bertz CT molecular complexity index is 708. The number of hydrogen-bond donors (Lipinski definition) is 2. The summed E-state index contributed by atoms with van der Waals surface area (Å²) in [6.45, 7) is 1.86. The lowest BCUT2D eigenvalue weighted by atomic mass is 10.2. The zero-order valence-electron chi connectivity index (χ0n) is 15.7. The average Bonchev–Trinajstić information content (AvgIpc) is 3.11. The number of aromatic nitrogens is 2. The molecule has 1 aliphatic rings. The number of aliphatic hydroxyl groups excluding tert-OH is 1. The maximum atomic E-state index is 12.1. The van der Waals surface area contributed by atoms with E-state index in [0.29, 0.717) is 12.8 Å². The number of aliphatic hydroxyl groups is 1. The molecule has 0 spiro atoms. The standard InChI is InChI=1S/C17H25N3O8/c1-12(22)18-14-4-5-20(17(24)19-14)15-3-2-13(28-15)10-27-16(23)11-26-9-8-25-7-6-21/h4-5,13,15,21H,2-3,6-11H2,1H3,(H,18,19,22,24). The van der Waals surface area contributed by atoms with Gasteiger partial charge in [-0.1, -0.05) is 0 Å². The molecule has 156 valence electrons. The normalized spacial score (nSPS) is 18.8. The molecule has 0 saturated carbocycles. The molecule has 2 unspecified atom stereocenters. The Morgan fingerprint density at radius 3 is 2.82 bits per heavy atom. The molecule has 2 heterocycles. The molecule has 28 heavy (non-hydrogen) atoms. The Morgan fingerprint density at radius 1 is 1.32 bits per heavy atom. The van der Waals surface area contributed by atoms with Crippen LogP contribution in [0.4, 0.5) is 5.82 Å². The highest BCUT2D eigenvalue weighted by molar-refractivity contribution is 5.87. The fourth-order valence-electron chi connectivity index (χ4n) is 2.56. The lowest BCUT2D eigenvalue weighted by molar-refractivity contribution is -0.154. The van der Waals surface area contributed by atoms with E-state index in [2.05, 4.69) is 10.3 Å². The first-order chi connectivity index (χ1) is 13.5. The van der Waals surface area contributed by atoms with Crippen molar-refractivity contribution in [3.05, 3.63) is 22.7 Å². The van der Waals surface area contributed by atoms with Gasteiger partial charge in [-0.3, -0.25) is 9.36 Å². The summed E-state index contributed by atoms with van der Waals surface area (Å²) >= 11 is 0. The number of anilines is 1. The van der Waals surface area contributed by atoms with E-state index in [9.17, 15) is 14.4 Å². The van der Waals surface area contributed by atoms with Crippen LogP contribution in [0.5, 0.6) is 0 Å². The number of carbonyl (C=O) groups excluding carboxylic acids is 2. The number of esters is 1. The van der Waals surface area contributed by atoms with Crippen molar-refractivity contribution >= 4 is 17.7 Å². The van der Waals surface area contributed by atoms with Crippen LogP contribution in [0.1, 0.15) is 26.0 Å². The van der Waals surface area contributed by atoms with E-state index in [1.807, 2.05) is 0 Å². The van der Waals surface area contributed by atoms with Gasteiger partial charge in [0.15, 0.2) is 0 Å². The van der Waals surface area contributed by atoms with Crippen LogP contribution in [0.3, 0.4) is 0 Å². The van der Waals surface area contributed by atoms with E-state index >= 15 is 0 Å². The van der Waals surface area contributed by atoms with Crippen molar-refractivity contribution in [1.82, 2.24) is 9.55 Å². The third kappa shape index (κ3) is 7.35. The van der Waals surface area contributed by atoms with E-state index in [-0.39, 0.29) is 57.5 Å². The molecule has 2 rings (SSSR count). The van der Waals surface area contributed by atoms with Crippen molar-refractivity contribution in [2.75, 3.05) is 45.0 Å². The molecule has 1 amide bonds. The first-order valence-corrected chi connectivity index (χ1v) is 8.94. The Kier molecular flexibility index (Phi) is 9.01. The monoisotopic (exact) mass is 399 g/mol.